The highest BCUT2D eigenvalue weighted by Gasteiger charge is 2.40. The largest absolute Gasteiger partial charge is 0.299 e. The van der Waals surface area contributed by atoms with Gasteiger partial charge >= 0.3 is 0 Å². The lowest BCUT2D eigenvalue weighted by Crippen LogP contribution is -2.38. The van der Waals surface area contributed by atoms with E-state index in [0.717, 1.165) is 12.8 Å². The van der Waals surface area contributed by atoms with Crippen LogP contribution in [0, 0.1) is 17.3 Å². The summed E-state index contributed by atoms with van der Waals surface area (Å²) in [5.41, 5.74) is 0.377. The first-order valence-corrected chi connectivity index (χ1v) is 6.01. The van der Waals surface area contributed by atoms with Crippen molar-refractivity contribution in [3.05, 3.63) is 0 Å². The van der Waals surface area contributed by atoms with E-state index < -0.39 is 0 Å². The molecular formula is C13H24O. The molecule has 1 rings (SSSR count). The van der Waals surface area contributed by atoms with Crippen molar-refractivity contribution in [3.63, 3.8) is 0 Å². The predicted molar refractivity (Wildman–Crippen MR) is 60.2 cm³/mol. The van der Waals surface area contributed by atoms with Crippen LogP contribution >= 0.6 is 0 Å². The first kappa shape index (κ1) is 11.7. The summed E-state index contributed by atoms with van der Waals surface area (Å²) in [6.45, 7) is 9.01. The SMILES string of the molecule is CCCCC1C(C)C(=O)CCC1(C)C. The molecule has 0 aromatic heterocycles. The number of unbranched alkanes of at least 4 members (excludes halogenated alkanes) is 1. The second-order valence-electron chi connectivity index (χ2n) is 5.49. The summed E-state index contributed by atoms with van der Waals surface area (Å²) in [6.07, 6.45) is 5.64. The number of rotatable bonds is 3. The molecule has 0 spiro atoms. The molecule has 0 heterocycles. The molecular weight excluding hydrogens is 172 g/mol. The van der Waals surface area contributed by atoms with E-state index in [1.807, 2.05) is 0 Å². The highest BCUT2D eigenvalue weighted by molar-refractivity contribution is 5.81. The van der Waals surface area contributed by atoms with Gasteiger partial charge in [-0.25, -0.2) is 0 Å². The molecule has 0 amide bonds. The molecule has 0 radical (unpaired) electrons. The van der Waals surface area contributed by atoms with Crippen molar-refractivity contribution in [1.82, 2.24) is 0 Å². The molecule has 0 saturated heterocycles. The second kappa shape index (κ2) is 4.46. The lowest BCUT2D eigenvalue weighted by molar-refractivity contribution is -0.130. The van der Waals surface area contributed by atoms with Gasteiger partial charge in [-0.2, -0.15) is 0 Å². The fourth-order valence-corrected chi connectivity index (χ4v) is 2.82. The molecule has 0 aromatic rings. The van der Waals surface area contributed by atoms with E-state index in [1.54, 1.807) is 0 Å². The monoisotopic (exact) mass is 196 g/mol. The zero-order valence-electron chi connectivity index (χ0n) is 10.1. The summed E-state index contributed by atoms with van der Waals surface area (Å²) >= 11 is 0. The van der Waals surface area contributed by atoms with Crippen LogP contribution < -0.4 is 0 Å². The fraction of sp³-hybridized carbons (Fsp3) is 0.923. The lowest BCUT2D eigenvalue weighted by Gasteiger charge is -2.42. The topological polar surface area (TPSA) is 17.1 Å². The number of ketones is 1. The lowest BCUT2D eigenvalue weighted by atomic mass is 9.62. The Morgan fingerprint density at radius 2 is 2.07 bits per heavy atom. The van der Waals surface area contributed by atoms with Gasteiger partial charge in [0.05, 0.1) is 0 Å². The van der Waals surface area contributed by atoms with Crippen molar-refractivity contribution in [2.75, 3.05) is 0 Å². The Hall–Kier alpha value is -0.330. The summed E-state index contributed by atoms with van der Waals surface area (Å²) in [4.78, 5) is 11.7. The van der Waals surface area contributed by atoms with E-state index in [2.05, 4.69) is 27.7 Å². The third-order valence-electron chi connectivity index (χ3n) is 4.00. The Morgan fingerprint density at radius 1 is 1.43 bits per heavy atom. The molecule has 1 saturated carbocycles. The average molecular weight is 196 g/mol. The van der Waals surface area contributed by atoms with Crippen molar-refractivity contribution in [1.29, 1.82) is 0 Å². The maximum Gasteiger partial charge on any atom is 0.136 e. The first-order valence-electron chi connectivity index (χ1n) is 6.01. The smallest absolute Gasteiger partial charge is 0.136 e. The van der Waals surface area contributed by atoms with Gasteiger partial charge in [0.25, 0.3) is 0 Å². The molecule has 2 atom stereocenters. The highest BCUT2D eigenvalue weighted by Crippen LogP contribution is 2.44. The minimum absolute atomic E-state index is 0.297. The molecule has 1 aliphatic rings. The van der Waals surface area contributed by atoms with Crippen LogP contribution in [0.4, 0.5) is 0 Å². The quantitative estimate of drug-likeness (QED) is 0.670. The Kier molecular flexibility index (Phi) is 3.74. The third-order valence-corrected chi connectivity index (χ3v) is 4.00. The van der Waals surface area contributed by atoms with Crippen molar-refractivity contribution in [2.45, 2.75) is 59.8 Å². The molecule has 0 aliphatic heterocycles. The van der Waals surface area contributed by atoms with Crippen molar-refractivity contribution < 1.29 is 4.79 Å². The van der Waals surface area contributed by atoms with Gasteiger partial charge in [0, 0.05) is 12.3 Å². The highest BCUT2D eigenvalue weighted by atomic mass is 16.1. The van der Waals surface area contributed by atoms with Crippen molar-refractivity contribution in [3.8, 4) is 0 Å². The van der Waals surface area contributed by atoms with Gasteiger partial charge in [-0.1, -0.05) is 40.5 Å². The van der Waals surface area contributed by atoms with E-state index in [1.165, 1.54) is 19.3 Å². The van der Waals surface area contributed by atoms with E-state index in [9.17, 15) is 4.79 Å². The third kappa shape index (κ3) is 2.37. The van der Waals surface area contributed by atoms with E-state index >= 15 is 0 Å². The normalized spacial score (nSPS) is 31.9. The maximum atomic E-state index is 11.7. The molecule has 0 aromatic carbocycles. The Labute approximate surface area is 88.3 Å². The van der Waals surface area contributed by atoms with Crippen LogP contribution in [0.1, 0.15) is 59.8 Å². The summed E-state index contributed by atoms with van der Waals surface area (Å²) < 4.78 is 0. The molecule has 1 fully saturated rings. The molecule has 1 aliphatic carbocycles. The summed E-state index contributed by atoms with van der Waals surface area (Å²) in [5, 5.41) is 0. The van der Waals surface area contributed by atoms with Crippen LogP contribution in [-0.4, -0.2) is 5.78 Å². The molecule has 1 heteroatoms. The van der Waals surface area contributed by atoms with Crippen LogP contribution in [0.15, 0.2) is 0 Å². The zero-order valence-corrected chi connectivity index (χ0v) is 10.1. The van der Waals surface area contributed by atoms with Gasteiger partial charge in [-0.05, 0) is 24.2 Å². The Bertz CT molecular complexity index is 205. The summed E-state index contributed by atoms with van der Waals surface area (Å²) in [5.74, 6) is 1.40. The van der Waals surface area contributed by atoms with Crippen LogP contribution in [0.25, 0.3) is 0 Å². The van der Waals surface area contributed by atoms with Gasteiger partial charge in [0.2, 0.25) is 0 Å². The molecule has 2 unspecified atom stereocenters. The predicted octanol–water partition coefficient (Wildman–Crippen LogP) is 3.82. The number of carbonyl (C=O) groups excluding carboxylic acids is 1. The molecule has 0 bridgehead atoms. The fourth-order valence-electron chi connectivity index (χ4n) is 2.82. The first-order chi connectivity index (χ1) is 6.49. The van der Waals surface area contributed by atoms with Crippen molar-refractivity contribution in [2.24, 2.45) is 17.3 Å². The zero-order chi connectivity index (χ0) is 10.8. The van der Waals surface area contributed by atoms with Crippen molar-refractivity contribution >= 4 is 5.78 Å². The van der Waals surface area contributed by atoms with E-state index in [4.69, 9.17) is 0 Å². The number of carbonyl (C=O) groups is 1. The number of Topliss-reactive ketones (excluding diaryl/α,β-unsaturated/α-hetero) is 1. The van der Waals surface area contributed by atoms with E-state index in [-0.39, 0.29) is 0 Å². The minimum atomic E-state index is 0.297. The molecule has 82 valence electrons. The van der Waals surface area contributed by atoms with Crippen LogP contribution in [0.3, 0.4) is 0 Å². The van der Waals surface area contributed by atoms with Crippen LogP contribution in [0.5, 0.6) is 0 Å². The summed E-state index contributed by atoms with van der Waals surface area (Å²) in [7, 11) is 0. The maximum absolute atomic E-state index is 11.7. The van der Waals surface area contributed by atoms with Crippen LogP contribution in [0.2, 0.25) is 0 Å². The number of hydrogen-bond donors (Lipinski definition) is 0. The second-order valence-corrected chi connectivity index (χ2v) is 5.49. The van der Waals surface area contributed by atoms with E-state index in [0.29, 0.717) is 23.0 Å². The van der Waals surface area contributed by atoms with Gasteiger partial charge in [0.15, 0.2) is 0 Å². The van der Waals surface area contributed by atoms with Gasteiger partial charge in [-0.3, -0.25) is 4.79 Å². The van der Waals surface area contributed by atoms with Crippen LogP contribution in [-0.2, 0) is 4.79 Å². The molecule has 14 heavy (non-hydrogen) atoms. The van der Waals surface area contributed by atoms with Gasteiger partial charge in [0.1, 0.15) is 5.78 Å². The van der Waals surface area contributed by atoms with Gasteiger partial charge < -0.3 is 0 Å². The minimum Gasteiger partial charge on any atom is -0.299 e. The molecule has 1 nitrogen and oxygen atoms in total. The Balaban J connectivity index is 2.67. The number of hydrogen-bond acceptors (Lipinski definition) is 1. The average Bonchev–Trinajstić information content (AvgIpc) is 2.12. The van der Waals surface area contributed by atoms with Gasteiger partial charge in [-0.15, -0.1) is 0 Å². The standard InChI is InChI=1S/C13H24O/c1-5-6-7-11-10(2)12(14)8-9-13(11,3)4/h10-11H,5-9H2,1-4H3. The molecule has 0 N–H and O–H groups in total. The summed E-state index contributed by atoms with van der Waals surface area (Å²) in [6, 6.07) is 0. The Morgan fingerprint density at radius 3 is 2.64 bits per heavy atom.